The molecule has 1 aliphatic carbocycles. The maximum Gasteiger partial charge on any atom is 0.0924 e. The van der Waals surface area contributed by atoms with Gasteiger partial charge in [-0.05, 0) is 40.8 Å². The molecule has 0 aliphatic heterocycles. The first-order valence-electron chi connectivity index (χ1n) is 8.97. The topological polar surface area (TPSA) is 20.2 Å². The summed E-state index contributed by atoms with van der Waals surface area (Å²) in [5.74, 6) is 0. The summed E-state index contributed by atoms with van der Waals surface area (Å²) in [4.78, 5) is 0. The van der Waals surface area contributed by atoms with Gasteiger partial charge in [-0.15, -0.1) is 0 Å². The van der Waals surface area contributed by atoms with E-state index in [9.17, 15) is 5.11 Å². The minimum Gasteiger partial charge on any atom is -0.387 e. The van der Waals surface area contributed by atoms with Crippen molar-refractivity contribution in [3.05, 3.63) is 120 Å². The zero-order valence-corrected chi connectivity index (χ0v) is 14.8. The molecule has 1 N–H and O–H groups in total. The molecule has 0 aromatic heterocycles. The van der Waals surface area contributed by atoms with Crippen molar-refractivity contribution >= 4 is 11.1 Å². The number of benzene rings is 3. The smallest absolute Gasteiger partial charge is 0.0924 e. The molecule has 2 unspecified atom stereocenters. The van der Waals surface area contributed by atoms with Crippen molar-refractivity contribution < 1.29 is 5.11 Å². The van der Waals surface area contributed by atoms with Crippen LogP contribution >= 0.6 is 0 Å². The summed E-state index contributed by atoms with van der Waals surface area (Å²) in [7, 11) is 0. The molecule has 3 aromatic carbocycles. The third-order valence-corrected chi connectivity index (χ3v) is 5.24. The number of hydrogen-bond acceptors (Lipinski definition) is 1. The fraction of sp³-hybridized carbons (Fsp3) is 0.120. The van der Waals surface area contributed by atoms with Crippen LogP contribution in [0.15, 0.2) is 103 Å². The van der Waals surface area contributed by atoms with Gasteiger partial charge in [0.05, 0.1) is 6.10 Å². The summed E-state index contributed by atoms with van der Waals surface area (Å²) >= 11 is 0. The highest BCUT2D eigenvalue weighted by Crippen LogP contribution is 2.43. The summed E-state index contributed by atoms with van der Waals surface area (Å²) in [6.07, 6.45) is 3.72. The molecule has 2 atom stereocenters. The normalized spacial score (nSPS) is 22.5. The Hall–Kier alpha value is -2.90. The molecule has 0 spiro atoms. The van der Waals surface area contributed by atoms with Gasteiger partial charge in [0.15, 0.2) is 0 Å². The Labute approximate surface area is 155 Å². The van der Waals surface area contributed by atoms with Gasteiger partial charge in [0.2, 0.25) is 0 Å². The van der Waals surface area contributed by atoms with Gasteiger partial charge in [0.25, 0.3) is 0 Å². The molecule has 26 heavy (non-hydrogen) atoms. The average Bonchev–Trinajstić information content (AvgIpc) is 2.72. The zero-order chi connectivity index (χ0) is 18.0. The SMILES string of the molecule is CC1(c2ccccc2)C=C(c2ccccc2)C=C(c2ccccc2)C1O. The molecule has 0 amide bonds. The monoisotopic (exact) mass is 338 g/mol. The Balaban J connectivity index is 1.91. The Morgan fingerprint density at radius 3 is 1.77 bits per heavy atom. The summed E-state index contributed by atoms with van der Waals surface area (Å²) < 4.78 is 0. The number of aliphatic hydroxyl groups is 1. The Kier molecular flexibility index (Phi) is 4.32. The fourth-order valence-corrected chi connectivity index (χ4v) is 3.72. The van der Waals surface area contributed by atoms with Crippen LogP contribution in [0.3, 0.4) is 0 Å². The summed E-state index contributed by atoms with van der Waals surface area (Å²) in [6, 6.07) is 30.8. The lowest BCUT2D eigenvalue weighted by Crippen LogP contribution is -2.38. The highest BCUT2D eigenvalue weighted by molar-refractivity contribution is 5.89. The molecule has 0 saturated heterocycles. The van der Waals surface area contributed by atoms with Crippen molar-refractivity contribution in [1.29, 1.82) is 0 Å². The van der Waals surface area contributed by atoms with Crippen molar-refractivity contribution in [3.8, 4) is 0 Å². The van der Waals surface area contributed by atoms with Gasteiger partial charge in [-0.25, -0.2) is 0 Å². The van der Waals surface area contributed by atoms with Crippen LogP contribution in [0.25, 0.3) is 11.1 Å². The Morgan fingerprint density at radius 1 is 0.692 bits per heavy atom. The summed E-state index contributed by atoms with van der Waals surface area (Å²) in [6.45, 7) is 2.12. The van der Waals surface area contributed by atoms with E-state index in [1.54, 1.807) is 0 Å². The molecular formula is C25H22O. The van der Waals surface area contributed by atoms with Crippen LogP contribution in [0.5, 0.6) is 0 Å². The van der Waals surface area contributed by atoms with Gasteiger partial charge < -0.3 is 5.11 Å². The number of allylic oxidation sites excluding steroid dienone is 2. The number of hydrogen-bond donors (Lipinski definition) is 1. The van der Waals surface area contributed by atoms with E-state index in [0.717, 1.165) is 27.8 Å². The first-order valence-corrected chi connectivity index (χ1v) is 8.97. The highest BCUT2D eigenvalue weighted by Gasteiger charge is 2.38. The van der Waals surface area contributed by atoms with Crippen molar-refractivity contribution in [2.45, 2.75) is 18.4 Å². The van der Waals surface area contributed by atoms with Crippen LogP contribution in [-0.2, 0) is 5.41 Å². The van der Waals surface area contributed by atoms with Crippen molar-refractivity contribution in [2.75, 3.05) is 0 Å². The third-order valence-electron chi connectivity index (χ3n) is 5.24. The quantitative estimate of drug-likeness (QED) is 0.670. The molecule has 128 valence electrons. The minimum atomic E-state index is -0.611. The molecular weight excluding hydrogens is 316 g/mol. The second kappa shape index (κ2) is 6.78. The van der Waals surface area contributed by atoms with E-state index >= 15 is 0 Å². The van der Waals surface area contributed by atoms with Gasteiger partial charge >= 0.3 is 0 Å². The van der Waals surface area contributed by atoms with Crippen LogP contribution < -0.4 is 0 Å². The van der Waals surface area contributed by atoms with E-state index in [1.807, 2.05) is 42.5 Å². The third kappa shape index (κ3) is 2.91. The molecule has 1 nitrogen and oxygen atoms in total. The van der Waals surface area contributed by atoms with Crippen LogP contribution in [-0.4, -0.2) is 11.2 Å². The molecule has 0 radical (unpaired) electrons. The maximum atomic E-state index is 11.3. The lowest BCUT2D eigenvalue weighted by molar-refractivity contribution is 0.169. The summed E-state index contributed by atoms with van der Waals surface area (Å²) in [5, 5.41) is 11.3. The summed E-state index contributed by atoms with van der Waals surface area (Å²) in [5.41, 5.74) is 4.94. The molecule has 0 heterocycles. The lowest BCUT2D eigenvalue weighted by atomic mass is 9.69. The lowest BCUT2D eigenvalue weighted by Gasteiger charge is -2.38. The molecule has 0 bridgehead atoms. The maximum absolute atomic E-state index is 11.3. The Morgan fingerprint density at radius 2 is 1.19 bits per heavy atom. The second-order valence-corrected chi connectivity index (χ2v) is 6.98. The highest BCUT2D eigenvalue weighted by atomic mass is 16.3. The van der Waals surface area contributed by atoms with Crippen LogP contribution in [0.2, 0.25) is 0 Å². The van der Waals surface area contributed by atoms with Crippen molar-refractivity contribution in [3.63, 3.8) is 0 Å². The number of rotatable bonds is 3. The predicted molar refractivity (Wildman–Crippen MR) is 109 cm³/mol. The van der Waals surface area contributed by atoms with Gasteiger partial charge in [0.1, 0.15) is 0 Å². The van der Waals surface area contributed by atoms with Gasteiger partial charge in [-0.2, -0.15) is 0 Å². The molecule has 0 saturated carbocycles. The van der Waals surface area contributed by atoms with Gasteiger partial charge in [-0.3, -0.25) is 0 Å². The second-order valence-electron chi connectivity index (χ2n) is 6.98. The first kappa shape index (κ1) is 16.6. The molecule has 3 aromatic rings. The fourth-order valence-electron chi connectivity index (χ4n) is 3.72. The standard InChI is InChI=1S/C25H22O/c1-25(22-15-9-4-10-16-22)18-21(19-11-5-2-6-12-19)17-23(24(25)26)20-13-7-3-8-14-20/h2-18,24,26H,1H3. The van der Waals surface area contributed by atoms with Gasteiger partial charge in [0, 0.05) is 5.41 Å². The molecule has 1 heteroatoms. The van der Waals surface area contributed by atoms with Crippen LogP contribution in [0, 0.1) is 0 Å². The van der Waals surface area contributed by atoms with E-state index in [1.165, 1.54) is 0 Å². The van der Waals surface area contributed by atoms with Crippen molar-refractivity contribution in [1.82, 2.24) is 0 Å². The van der Waals surface area contributed by atoms with E-state index in [-0.39, 0.29) is 0 Å². The van der Waals surface area contributed by atoms with E-state index in [2.05, 4.69) is 67.6 Å². The average molecular weight is 338 g/mol. The number of aliphatic hydroxyl groups excluding tert-OH is 1. The molecule has 0 fully saturated rings. The minimum absolute atomic E-state index is 0.494. The van der Waals surface area contributed by atoms with E-state index in [4.69, 9.17) is 0 Å². The predicted octanol–water partition coefficient (Wildman–Crippen LogP) is 5.49. The largest absolute Gasteiger partial charge is 0.387 e. The van der Waals surface area contributed by atoms with E-state index < -0.39 is 11.5 Å². The Bertz CT molecular complexity index is 939. The van der Waals surface area contributed by atoms with Crippen LogP contribution in [0.1, 0.15) is 23.6 Å². The molecule has 1 aliphatic rings. The first-order chi connectivity index (χ1) is 12.7. The zero-order valence-electron chi connectivity index (χ0n) is 14.8. The molecule has 4 rings (SSSR count). The van der Waals surface area contributed by atoms with E-state index in [0.29, 0.717) is 0 Å². The van der Waals surface area contributed by atoms with Crippen LogP contribution in [0.4, 0.5) is 0 Å². The van der Waals surface area contributed by atoms with Gasteiger partial charge in [-0.1, -0.05) is 97.1 Å². The van der Waals surface area contributed by atoms with Crippen molar-refractivity contribution in [2.24, 2.45) is 0 Å².